The summed E-state index contributed by atoms with van der Waals surface area (Å²) in [5.74, 6) is 0. The molecule has 0 spiro atoms. The van der Waals surface area contributed by atoms with Crippen molar-refractivity contribution in [2.75, 3.05) is 32.7 Å². The molecule has 0 radical (unpaired) electrons. The molecule has 100 valence electrons. The Hall–Kier alpha value is 0.270. The Morgan fingerprint density at radius 3 is 2.29 bits per heavy atom. The zero-order chi connectivity index (χ0) is 12.3. The van der Waals surface area contributed by atoms with Crippen molar-refractivity contribution in [3.8, 4) is 0 Å². The summed E-state index contributed by atoms with van der Waals surface area (Å²) in [6, 6.07) is 0. The number of nitrogens with one attached hydrogen (secondary N) is 1. The minimum atomic E-state index is 0.604. The molecular weight excluding hydrogens is 228 g/mol. The average molecular weight is 256 g/mol. The molecule has 2 saturated heterocycles. The van der Waals surface area contributed by atoms with Gasteiger partial charge in [0.2, 0.25) is 0 Å². The third-order valence-corrected chi connectivity index (χ3v) is 5.70. The van der Waals surface area contributed by atoms with E-state index in [0.29, 0.717) is 5.41 Å². The van der Waals surface area contributed by atoms with E-state index in [2.05, 4.69) is 42.7 Å². The zero-order valence-corrected chi connectivity index (χ0v) is 12.5. The van der Waals surface area contributed by atoms with Gasteiger partial charge < -0.3 is 10.2 Å². The third-order valence-electron chi connectivity index (χ3n) is 4.47. The van der Waals surface area contributed by atoms with Crippen molar-refractivity contribution in [3.05, 3.63) is 0 Å². The van der Waals surface area contributed by atoms with Crippen LogP contribution in [0.15, 0.2) is 0 Å². The van der Waals surface area contributed by atoms with Crippen molar-refractivity contribution in [1.29, 1.82) is 0 Å². The summed E-state index contributed by atoms with van der Waals surface area (Å²) in [6.07, 6.45) is 4.09. The molecule has 0 aromatic carbocycles. The maximum Gasteiger partial charge on any atom is 0.0149 e. The van der Waals surface area contributed by atoms with Gasteiger partial charge in [0.15, 0.2) is 0 Å². The lowest BCUT2D eigenvalue weighted by molar-refractivity contribution is 0.105. The standard InChI is InChI=1S/C14H28N2S/c1-4-14(5-7-15-8-6-14)11-16-9-12(2)17-13(3)10-16/h12-13,15H,4-11H2,1-3H3. The number of thioether (sulfide) groups is 1. The van der Waals surface area contributed by atoms with Gasteiger partial charge in [0.25, 0.3) is 0 Å². The fourth-order valence-electron chi connectivity index (χ4n) is 3.47. The molecule has 2 aliphatic rings. The first kappa shape index (κ1) is 13.7. The van der Waals surface area contributed by atoms with Crippen molar-refractivity contribution in [2.24, 2.45) is 5.41 Å². The van der Waals surface area contributed by atoms with E-state index in [1.807, 2.05) is 0 Å². The third kappa shape index (κ3) is 3.62. The Morgan fingerprint density at radius 1 is 1.18 bits per heavy atom. The molecule has 1 N–H and O–H groups in total. The second-order valence-corrected chi connectivity index (χ2v) is 7.94. The lowest BCUT2D eigenvalue weighted by Crippen LogP contribution is -2.49. The van der Waals surface area contributed by atoms with Crippen LogP contribution in [0.3, 0.4) is 0 Å². The van der Waals surface area contributed by atoms with E-state index in [1.165, 1.54) is 52.0 Å². The first-order valence-electron chi connectivity index (χ1n) is 7.22. The van der Waals surface area contributed by atoms with Crippen LogP contribution >= 0.6 is 11.8 Å². The Bertz CT molecular complexity index is 228. The number of hydrogen-bond donors (Lipinski definition) is 1. The van der Waals surface area contributed by atoms with E-state index in [4.69, 9.17) is 0 Å². The van der Waals surface area contributed by atoms with Crippen molar-refractivity contribution < 1.29 is 0 Å². The van der Waals surface area contributed by atoms with Gasteiger partial charge in [0.1, 0.15) is 0 Å². The van der Waals surface area contributed by atoms with E-state index in [0.717, 1.165) is 10.5 Å². The summed E-state index contributed by atoms with van der Waals surface area (Å²) < 4.78 is 0. The lowest BCUT2D eigenvalue weighted by Gasteiger charge is -2.44. The highest BCUT2D eigenvalue weighted by molar-refractivity contribution is 8.00. The fourth-order valence-corrected chi connectivity index (χ4v) is 4.86. The van der Waals surface area contributed by atoms with E-state index < -0.39 is 0 Å². The van der Waals surface area contributed by atoms with Crippen molar-refractivity contribution in [2.45, 2.75) is 50.5 Å². The van der Waals surface area contributed by atoms with Gasteiger partial charge in [-0.2, -0.15) is 11.8 Å². The molecule has 2 heterocycles. The summed E-state index contributed by atoms with van der Waals surface area (Å²) in [5.41, 5.74) is 0.604. The van der Waals surface area contributed by atoms with E-state index in [1.54, 1.807) is 0 Å². The number of hydrogen-bond acceptors (Lipinski definition) is 3. The van der Waals surface area contributed by atoms with Crippen LogP contribution in [0.4, 0.5) is 0 Å². The molecule has 17 heavy (non-hydrogen) atoms. The maximum absolute atomic E-state index is 3.51. The normalized spacial score (nSPS) is 34.8. The molecular formula is C14H28N2S. The van der Waals surface area contributed by atoms with Crippen molar-refractivity contribution in [1.82, 2.24) is 10.2 Å². The summed E-state index contributed by atoms with van der Waals surface area (Å²) >= 11 is 2.16. The summed E-state index contributed by atoms with van der Waals surface area (Å²) in [4.78, 5) is 2.74. The average Bonchev–Trinajstić information content (AvgIpc) is 2.29. The zero-order valence-electron chi connectivity index (χ0n) is 11.7. The second-order valence-electron chi connectivity index (χ2n) is 6.05. The van der Waals surface area contributed by atoms with Gasteiger partial charge in [-0.05, 0) is 37.8 Å². The van der Waals surface area contributed by atoms with Gasteiger partial charge in [0, 0.05) is 30.1 Å². The Morgan fingerprint density at radius 2 is 1.76 bits per heavy atom. The SMILES string of the molecule is CCC1(CN2CC(C)SC(C)C2)CCNCC1. The predicted octanol–water partition coefficient (Wildman–Crippen LogP) is 2.59. The first-order valence-corrected chi connectivity index (χ1v) is 8.16. The first-order chi connectivity index (χ1) is 8.13. The number of nitrogens with zero attached hydrogens (tertiary/aromatic N) is 1. The highest BCUT2D eigenvalue weighted by atomic mass is 32.2. The predicted molar refractivity (Wildman–Crippen MR) is 77.8 cm³/mol. The molecule has 0 aromatic heterocycles. The van der Waals surface area contributed by atoms with Crippen LogP contribution < -0.4 is 5.32 Å². The second kappa shape index (κ2) is 5.94. The topological polar surface area (TPSA) is 15.3 Å². The van der Waals surface area contributed by atoms with E-state index >= 15 is 0 Å². The molecule has 2 rings (SSSR count). The quantitative estimate of drug-likeness (QED) is 0.835. The van der Waals surface area contributed by atoms with E-state index in [-0.39, 0.29) is 0 Å². The Kier molecular flexibility index (Phi) is 4.79. The minimum absolute atomic E-state index is 0.604. The summed E-state index contributed by atoms with van der Waals surface area (Å²) in [5, 5.41) is 5.13. The van der Waals surface area contributed by atoms with Crippen molar-refractivity contribution in [3.63, 3.8) is 0 Å². The van der Waals surface area contributed by atoms with Crippen LogP contribution in [0.25, 0.3) is 0 Å². The van der Waals surface area contributed by atoms with Crippen LogP contribution in [0.2, 0.25) is 0 Å². The molecule has 0 bridgehead atoms. The van der Waals surface area contributed by atoms with Crippen LogP contribution in [-0.4, -0.2) is 48.1 Å². The molecule has 3 heteroatoms. The lowest BCUT2D eigenvalue weighted by atomic mass is 9.76. The highest BCUT2D eigenvalue weighted by Gasteiger charge is 2.34. The van der Waals surface area contributed by atoms with Crippen molar-refractivity contribution >= 4 is 11.8 Å². The van der Waals surface area contributed by atoms with Gasteiger partial charge in [-0.1, -0.05) is 20.8 Å². The monoisotopic (exact) mass is 256 g/mol. The van der Waals surface area contributed by atoms with E-state index in [9.17, 15) is 0 Å². The maximum atomic E-state index is 3.51. The largest absolute Gasteiger partial charge is 0.317 e. The van der Waals surface area contributed by atoms with Crippen LogP contribution in [-0.2, 0) is 0 Å². The molecule has 2 fully saturated rings. The number of rotatable bonds is 3. The Balaban J connectivity index is 1.93. The molecule has 2 atom stereocenters. The Labute approximate surface area is 111 Å². The van der Waals surface area contributed by atoms with Gasteiger partial charge in [-0.25, -0.2) is 0 Å². The smallest absolute Gasteiger partial charge is 0.0149 e. The number of piperidine rings is 1. The van der Waals surface area contributed by atoms with Crippen LogP contribution in [0.5, 0.6) is 0 Å². The fraction of sp³-hybridized carbons (Fsp3) is 1.00. The molecule has 0 aliphatic carbocycles. The van der Waals surface area contributed by atoms with Crippen LogP contribution in [0.1, 0.15) is 40.0 Å². The molecule has 2 aliphatic heterocycles. The molecule has 2 nitrogen and oxygen atoms in total. The molecule has 0 aromatic rings. The molecule has 2 unspecified atom stereocenters. The summed E-state index contributed by atoms with van der Waals surface area (Å²) in [7, 11) is 0. The van der Waals surface area contributed by atoms with Gasteiger partial charge in [-0.15, -0.1) is 0 Å². The van der Waals surface area contributed by atoms with Crippen LogP contribution in [0, 0.1) is 5.41 Å². The summed E-state index contributed by atoms with van der Waals surface area (Å²) in [6.45, 7) is 13.5. The van der Waals surface area contributed by atoms with Gasteiger partial charge >= 0.3 is 0 Å². The van der Waals surface area contributed by atoms with Gasteiger partial charge in [0.05, 0.1) is 0 Å². The van der Waals surface area contributed by atoms with Gasteiger partial charge in [-0.3, -0.25) is 0 Å². The highest BCUT2D eigenvalue weighted by Crippen LogP contribution is 2.35. The minimum Gasteiger partial charge on any atom is -0.317 e. The molecule has 0 amide bonds. The molecule has 0 saturated carbocycles.